The van der Waals surface area contributed by atoms with Crippen LogP contribution in [-0.2, 0) is 11.3 Å². The van der Waals surface area contributed by atoms with Crippen molar-refractivity contribution < 1.29 is 14.3 Å². The van der Waals surface area contributed by atoms with Gasteiger partial charge in [0, 0.05) is 14.1 Å². The van der Waals surface area contributed by atoms with E-state index < -0.39 is 0 Å². The highest BCUT2D eigenvalue weighted by atomic mass is 16.5. The SMILES string of the molecule is CC1COc2ccccc2N1C(=O)c1cn(CC(=O)N(C)C)nn1. The quantitative estimate of drug-likeness (QED) is 0.832. The lowest BCUT2D eigenvalue weighted by Gasteiger charge is -2.34. The van der Waals surface area contributed by atoms with Gasteiger partial charge in [0.25, 0.3) is 5.91 Å². The predicted octanol–water partition coefficient (Wildman–Crippen LogP) is 0.794. The zero-order valence-corrected chi connectivity index (χ0v) is 13.8. The number of carbonyl (C=O) groups excluding carboxylic acids is 2. The van der Waals surface area contributed by atoms with E-state index in [2.05, 4.69) is 10.3 Å². The molecule has 1 atom stereocenters. The Labute approximate surface area is 139 Å². The van der Waals surface area contributed by atoms with Gasteiger partial charge in [-0.25, -0.2) is 4.68 Å². The van der Waals surface area contributed by atoms with E-state index in [1.807, 2.05) is 31.2 Å². The molecule has 0 saturated heterocycles. The molecule has 1 aliphatic heterocycles. The minimum Gasteiger partial charge on any atom is -0.489 e. The van der Waals surface area contributed by atoms with Gasteiger partial charge in [-0.15, -0.1) is 5.10 Å². The topological polar surface area (TPSA) is 80.6 Å². The van der Waals surface area contributed by atoms with Crippen LogP contribution in [-0.4, -0.2) is 58.5 Å². The highest BCUT2D eigenvalue weighted by Gasteiger charge is 2.31. The second-order valence-electron chi connectivity index (χ2n) is 5.89. The Hall–Kier alpha value is -2.90. The molecule has 0 radical (unpaired) electrons. The van der Waals surface area contributed by atoms with Crippen molar-refractivity contribution in [1.82, 2.24) is 19.9 Å². The first-order chi connectivity index (χ1) is 11.5. The number of benzene rings is 1. The van der Waals surface area contributed by atoms with Crippen LogP contribution in [0.25, 0.3) is 0 Å². The molecule has 2 amide bonds. The van der Waals surface area contributed by atoms with Crippen molar-refractivity contribution in [2.75, 3.05) is 25.6 Å². The van der Waals surface area contributed by atoms with E-state index in [4.69, 9.17) is 4.74 Å². The van der Waals surface area contributed by atoms with Gasteiger partial charge >= 0.3 is 0 Å². The predicted molar refractivity (Wildman–Crippen MR) is 86.9 cm³/mol. The molecule has 1 aliphatic rings. The molecule has 8 heteroatoms. The molecule has 1 aromatic carbocycles. The molecule has 8 nitrogen and oxygen atoms in total. The summed E-state index contributed by atoms with van der Waals surface area (Å²) in [6, 6.07) is 7.26. The van der Waals surface area contributed by atoms with E-state index in [9.17, 15) is 9.59 Å². The van der Waals surface area contributed by atoms with Crippen molar-refractivity contribution in [1.29, 1.82) is 0 Å². The molecular weight excluding hydrogens is 310 g/mol. The third-order valence-electron chi connectivity index (χ3n) is 3.82. The van der Waals surface area contributed by atoms with Crippen LogP contribution in [0.4, 0.5) is 5.69 Å². The van der Waals surface area contributed by atoms with E-state index in [-0.39, 0.29) is 30.1 Å². The summed E-state index contributed by atoms with van der Waals surface area (Å²) in [7, 11) is 3.33. The number of carbonyl (C=O) groups is 2. The van der Waals surface area contributed by atoms with Crippen molar-refractivity contribution in [2.45, 2.75) is 19.5 Å². The van der Waals surface area contributed by atoms with Crippen LogP contribution in [0.15, 0.2) is 30.5 Å². The molecular formula is C16H19N5O3. The largest absolute Gasteiger partial charge is 0.489 e. The smallest absolute Gasteiger partial charge is 0.280 e. The molecule has 24 heavy (non-hydrogen) atoms. The van der Waals surface area contributed by atoms with Gasteiger partial charge in [-0.05, 0) is 19.1 Å². The summed E-state index contributed by atoms with van der Waals surface area (Å²) in [4.78, 5) is 27.7. The van der Waals surface area contributed by atoms with Gasteiger partial charge in [-0.3, -0.25) is 14.5 Å². The molecule has 1 aromatic heterocycles. The highest BCUT2D eigenvalue weighted by molar-refractivity contribution is 6.06. The molecule has 3 rings (SSSR count). The maximum atomic E-state index is 12.9. The van der Waals surface area contributed by atoms with Crippen LogP contribution >= 0.6 is 0 Å². The van der Waals surface area contributed by atoms with Gasteiger partial charge in [0.2, 0.25) is 5.91 Å². The van der Waals surface area contributed by atoms with Crippen molar-refractivity contribution in [3.63, 3.8) is 0 Å². The highest BCUT2D eigenvalue weighted by Crippen LogP contribution is 2.34. The minimum atomic E-state index is -0.262. The molecule has 0 saturated carbocycles. The number of para-hydroxylation sites is 2. The number of aromatic nitrogens is 3. The molecule has 0 aliphatic carbocycles. The Bertz CT molecular complexity index is 771. The summed E-state index contributed by atoms with van der Waals surface area (Å²) >= 11 is 0. The number of amides is 2. The van der Waals surface area contributed by atoms with Crippen LogP contribution in [0.3, 0.4) is 0 Å². The van der Waals surface area contributed by atoms with Crippen LogP contribution < -0.4 is 9.64 Å². The van der Waals surface area contributed by atoms with Gasteiger partial charge in [-0.2, -0.15) is 0 Å². The minimum absolute atomic E-state index is 0.0442. The zero-order valence-electron chi connectivity index (χ0n) is 13.8. The average molecular weight is 329 g/mol. The first kappa shape index (κ1) is 16.0. The summed E-state index contributed by atoms with van der Waals surface area (Å²) in [5, 5.41) is 7.80. The number of rotatable bonds is 3. The summed E-state index contributed by atoms with van der Waals surface area (Å²) in [6.07, 6.45) is 1.49. The van der Waals surface area contributed by atoms with Crippen LogP contribution in [0, 0.1) is 0 Å². The van der Waals surface area contributed by atoms with Gasteiger partial charge in [0.15, 0.2) is 5.69 Å². The Balaban J connectivity index is 1.84. The standard InChI is InChI=1S/C16H19N5O3/c1-11-10-24-14-7-5-4-6-13(14)21(11)16(23)12-8-20(18-17-12)9-15(22)19(2)3/h4-8,11H,9-10H2,1-3H3. The lowest BCUT2D eigenvalue weighted by Crippen LogP contribution is -2.45. The normalized spacial score (nSPS) is 16.3. The summed E-state index contributed by atoms with van der Waals surface area (Å²) in [6.45, 7) is 2.37. The number of nitrogens with zero attached hydrogens (tertiary/aromatic N) is 5. The monoisotopic (exact) mass is 329 g/mol. The van der Waals surface area contributed by atoms with Crippen molar-refractivity contribution in [3.05, 3.63) is 36.2 Å². The second-order valence-corrected chi connectivity index (χ2v) is 5.89. The van der Waals surface area contributed by atoms with Gasteiger partial charge in [-0.1, -0.05) is 17.3 Å². The maximum Gasteiger partial charge on any atom is 0.280 e. The molecule has 0 bridgehead atoms. The number of ether oxygens (including phenoxy) is 1. The number of hydrogen-bond donors (Lipinski definition) is 0. The fraction of sp³-hybridized carbons (Fsp3) is 0.375. The van der Waals surface area contributed by atoms with E-state index in [1.165, 1.54) is 15.8 Å². The third-order valence-corrected chi connectivity index (χ3v) is 3.82. The van der Waals surface area contributed by atoms with Crippen LogP contribution in [0.2, 0.25) is 0 Å². The molecule has 0 fully saturated rings. The average Bonchev–Trinajstić information content (AvgIpc) is 3.02. The zero-order chi connectivity index (χ0) is 17.3. The fourth-order valence-electron chi connectivity index (χ4n) is 2.49. The van der Waals surface area contributed by atoms with Gasteiger partial charge in [0.05, 0.1) is 17.9 Å². The Morgan fingerprint density at radius 3 is 2.83 bits per heavy atom. The number of hydrogen-bond acceptors (Lipinski definition) is 5. The van der Waals surface area contributed by atoms with Crippen molar-refractivity contribution >= 4 is 17.5 Å². The van der Waals surface area contributed by atoms with E-state index in [1.54, 1.807) is 19.0 Å². The first-order valence-corrected chi connectivity index (χ1v) is 7.63. The molecule has 2 aromatic rings. The maximum absolute atomic E-state index is 12.9. The van der Waals surface area contributed by atoms with Gasteiger partial charge < -0.3 is 9.64 Å². The Morgan fingerprint density at radius 2 is 2.08 bits per heavy atom. The fourth-order valence-corrected chi connectivity index (χ4v) is 2.49. The number of fused-ring (bicyclic) bond motifs is 1. The van der Waals surface area contributed by atoms with Crippen LogP contribution in [0.5, 0.6) is 5.75 Å². The summed E-state index contributed by atoms with van der Waals surface area (Å²) in [5.41, 5.74) is 0.908. The second kappa shape index (κ2) is 6.31. The van der Waals surface area contributed by atoms with E-state index in [0.717, 1.165) is 0 Å². The lowest BCUT2D eigenvalue weighted by molar-refractivity contribution is -0.129. The summed E-state index contributed by atoms with van der Waals surface area (Å²) < 4.78 is 7.02. The molecule has 126 valence electrons. The van der Waals surface area contributed by atoms with Crippen LogP contribution in [0.1, 0.15) is 17.4 Å². The van der Waals surface area contributed by atoms with E-state index >= 15 is 0 Å². The number of likely N-dealkylation sites (N-methyl/N-ethyl adjacent to an activating group) is 1. The summed E-state index contributed by atoms with van der Waals surface area (Å²) in [5.74, 6) is 0.282. The van der Waals surface area contributed by atoms with Crippen molar-refractivity contribution in [2.24, 2.45) is 0 Å². The molecule has 1 unspecified atom stereocenters. The molecule has 2 heterocycles. The Morgan fingerprint density at radius 1 is 1.33 bits per heavy atom. The third kappa shape index (κ3) is 2.94. The lowest BCUT2D eigenvalue weighted by atomic mass is 10.1. The van der Waals surface area contributed by atoms with Crippen molar-refractivity contribution in [3.8, 4) is 5.75 Å². The van der Waals surface area contributed by atoms with E-state index in [0.29, 0.717) is 18.0 Å². The van der Waals surface area contributed by atoms with Gasteiger partial charge in [0.1, 0.15) is 18.9 Å². The number of anilines is 1. The molecule has 0 N–H and O–H groups in total. The Kier molecular flexibility index (Phi) is 4.20. The molecule has 0 spiro atoms. The first-order valence-electron chi connectivity index (χ1n) is 7.63.